The van der Waals surface area contributed by atoms with E-state index in [0.29, 0.717) is 5.95 Å². The van der Waals surface area contributed by atoms with Crippen molar-refractivity contribution in [1.29, 1.82) is 0 Å². The Hall–Kier alpha value is -1.45. The Kier molecular flexibility index (Phi) is 0.745. The molecular formula is C5H5N4. The Morgan fingerprint density at radius 2 is 2.56 bits per heavy atom. The number of aromatic nitrogens is 2. The van der Waals surface area contributed by atoms with E-state index in [1.807, 2.05) is 17.0 Å². The van der Waals surface area contributed by atoms with Crippen LogP contribution in [0.1, 0.15) is 0 Å². The lowest BCUT2D eigenvalue weighted by molar-refractivity contribution is 0.706. The minimum Gasteiger partial charge on any atom is -0.288 e. The summed E-state index contributed by atoms with van der Waals surface area (Å²) < 4.78 is 1.83. The predicted octanol–water partition coefficient (Wildman–Crippen LogP) is 0.0654. The monoisotopic (exact) mass is 121 g/mol. The molecule has 0 fully saturated rings. The van der Waals surface area contributed by atoms with E-state index in [-0.39, 0.29) is 0 Å². The molecule has 1 N–H and O–H groups in total. The van der Waals surface area contributed by atoms with Gasteiger partial charge in [-0.25, -0.2) is 4.98 Å². The van der Waals surface area contributed by atoms with E-state index in [9.17, 15) is 0 Å². The van der Waals surface area contributed by atoms with Crippen LogP contribution in [0.2, 0.25) is 0 Å². The standard InChI is InChI=1S/C5H5N4/c1-3-9-4-2-7-8-5(9)6-1/h1-4,7H. The van der Waals surface area contributed by atoms with E-state index >= 15 is 0 Å². The quantitative estimate of drug-likeness (QED) is 0.527. The van der Waals surface area contributed by atoms with Crippen LogP contribution >= 0.6 is 0 Å². The van der Waals surface area contributed by atoms with Gasteiger partial charge in [-0.1, -0.05) is 0 Å². The third-order valence-electron chi connectivity index (χ3n) is 1.12. The van der Waals surface area contributed by atoms with Crippen LogP contribution in [0.15, 0.2) is 18.6 Å². The summed E-state index contributed by atoms with van der Waals surface area (Å²) in [7, 11) is 0. The fourth-order valence-corrected chi connectivity index (χ4v) is 0.717. The minimum atomic E-state index is 0.692. The summed E-state index contributed by atoms with van der Waals surface area (Å²) in [4.78, 5) is 3.94. The maximum Gasteiger partial charge on any atom is 0.251 e. The fourth-order valence-electron chi connectivity index (χ4n) is 0.717. The Labute approximate surface area is 52.2 Å². The van der Waals surface area contributed by atoms with Gasteiger partial charge in [-0.15, -0.1) is 5.43 Å². The molecule has 4 nitrogen and oxygen atoms in total. The van der Waals surface area contributed by atoms with E-state index in [1.54, 1.807) is 12.4 Å². The van der Waals surface area contributed by atoms with E-state index in [1.165, 1.54) is 0 Å². The first-order valence-electron chi connectivity index (χ1n) is 2.62. The van der Waals surface area contributed by atoms with Crippen LogP contribution in [-0.4, -0.2) is 9.55 Å². The van der Waals surface area contributed by atoms with Gasteiger partial charge in [0.15, 0.2) is 0 Å². The lowest BCUT2D eigenvalue weighted by atomic mass is 10.7. The third-order valence-corrected chi connectivity index (χ3v) is 1.12. The fraction of sp³-hybridized carbons (Fsp3) is 0. The summed E-state index contributed by atoms with van der Waals surface area (Å²) >= 11 is 0. The summed E-state index contributed by atoms with van der Waals surface area (Å²) in [5.74, 6) is 0.692. The molecule has 9 heavy (non-hydrogen) atoms. The first kappa shape index (κ1) is 4.43. The summed E-state index contributed by atoms with van der Waals surface area (Å²) in [6, 6.07) is 0. The van der Waals surface area contributed by atoms with Crippen LogP contribution in [0.25, 0.3) is 6.20 Å². The number of nitrogens with zero attached hydrogens (tertiary/aromatic N) is 3. The first-order chi connectivity index (χ1) is 4.47. The highest BCUT2D eigenvalue weighted by Crippen LogP contribution is 2.05. The molecule has 0 aliphatic carbocycles. The molecular weight excluding hydrogens is 116 g/mol. The highest BCUT2D eigenvalue weighted by Gasteiger charge is 2.01. The molecule has 0 saturated carbocycles. The van der Waals surface area contributed by atoms with Gasteiger partial charge < -0.3 is 0 Å². The van der Waals surface area contributed by atoms with Crippen molar-refractivity contribution in [2.75, 3.05) is 0 Å². The molecule has 1 aromatic rings. The number of hydrogen-bond acceptors (Lipinski definition) is 2. The van der Waals surface area contributed by atoms with Gasteiger partial charge >= 0.3 is 0 Å². The largest absolute Gasteiger partial charge is 0.288 e. The lowest BCUT2D eigenvalue weighted by Gasteiger charge is -2.06. The van der Waals surface area contributed by atoms with Crippen LogP contribution in [0.5, 0.6) is 0 Å². The maximum absolute atomic E-state index is 3.94. The second-order valence-corrected chi connectivity index (χ2v) is 1.69. The van der Waals surface area contributed by atoms with Crippen molar-refractivity contribution in [3.63, 3.8) is 0 Å². The van der Waals surface area contributed by atoms with Crippen molar-refractivity contribution >= 4 is 12.1 Å². The van der Waals surface area contributed by atoms with Crippen LogP contribution in [-0.2, 0) is 0 Å². The van der Waals surface area contributed by atoms with Gasteiger partial charge in [0, 0.05) is 24.8 Å². The van der Waals surface area contributed by atoms with Crippen LogP contribution < -0.4 is 10.9 Å². The van der Waals surface area contributed by atoms with Crippen molar-refractivity contribution in [3.05, 3.63) is 18.6 Å². The Balaban J connectivity index is 2.53. The Morgan fingerprint density at radius 3 is 3.44 bits per heavy atom. The molecule has 0 saturated heterocycles. The van der Waals surface area contributed by atoms with Crippen molar-refractivity contribution in [2.24, 2.45) is 0 Å². The molecule has 0 atom stereocenters. The summed E-state index contributed by atoms with van der Waals surface area (Å²) in [6.07, 6.45) is 7.15. The molecule has 0 amide bonds. The average molecular weight is 121 g/mol. The van der Waals surface area contributed by atoms with Gasteiger partial charge in [0.25, 0.3) is 5.95 Å². The molecule has 0 bridgehead atoms. The Bertz CT molecular complexity index is 237. The number of fused-ring (bicyclic) bond motifs is 1. The average Bonchev–Trinajstić information content (AvgIpc) is 2.33. The van der Waals surface area contributed by atoms with Gasteiger partial charge in [0.1, 0.15) is 0 Å². The van der Waals surface area contributed by atoms with Gasteiger partial charge in [0.05, 0.1) is 0 Å². The molecule has 0 spiro atoms. The topological polar surface area (TPSA) is 44.0 Å². The molecule has 2 heterocycles. The Morgan fingerprint density at radius 1 is 1.56 bits per heavy atom. The van der Waals surface area contributed by atoms with Crippen LogP contribution in [0.4, 0.5) is 5.95 Å². The van der Waals surface area contributed by atoms with Crippen LogP contribution in [0, 0.1) is 0 Å². The maximum atomic E-state index is 3.94. The van der Waals surface area contributed by atoms with Crippen molar-refractivity contribution < 1.29 is 0 Å². The molecule has 2 rings (SSSR count). The summed E-state index contributed by atoms with van der Waals surface area (Å²) in [5, 5.41) is 0. The molecule has 1 aliphatic rings. The van der Waals surface area contributed by atoms with E-state index in [2.05, 4.69) is 15.8 Å². The zero-order valence-corrected chi connectivity index (χ0v) is 4.65. The molecule has 45 valence electrons. The predicted molar refractivity (Wildman–Crippen MR) is 32.5 cm³/mol. The van der Waals surface area contributed by atoms with Crippen LogP contribution in [0.3, 0.4) is 0 Å². The van der Waals surface area contributed by atoms with Gasteiger partial charge in [0.2, 0.25) is 0 Å². The van der Waals surface area contributed by atoms with Gasteiger partial charge in [-0.05, 0) is 0 Å². The highest BCUT2D eigenvalue weighted by atomic mass is 15.4. The molecule has 0 aromatic carbocycles. The van der Waals surface area contributed by atoms with Crippen molar-refractivity contribution in [1.82, 2.24) is 20.4 Å². The zero-order valence-electron chi connectivity index (χ0n) is 4.65. The van der Waals surface area contributed by atoms with Crippen molar-refractivity contribution in [2.45, 2.75) is 0 Å². The summed E-state index contributed by atoms with van der Waals surface area (Å²) in [6.45, 7) is 0. The second-order valence-electron chi connectivity index (χ2n) is 1.69. The zero-order chi connectivity index (χ0) is 6.10. The second kappa shape index (κ2) is 1.51. The number of rotatable bonds is 0. The normalized spacial score (nSPS) is 13.8. The van der Waals surface area contributed by atoms with E-state index in [4.69, 9.17) is 0 Å². The van der Waals surface area contributed by atoms with Crippen molar-refractivity contribution in [3.8, 4) is 0 Å². The molecule has 1 aliphatic heterocycles. The first-order valence-corrected chi connectivity index (χ1v) is 2.62. The van der Waals surface area contributed by atoms with E-state index in [0.717, 1.165) is 0 Å². The summed E-state index contributed by atoms with van der Waals surface area (Å²) in [5.41, 5.74) is 6.56. The minimum absolute atomic E-state index is 0.692. The SMILES string of the molecule is C1=Cn2ccnc2[N]N1. The number of imidazole rings is 1. The molecule has 0 unspecified atom stereocenters. The molecule has 1 radical (unpaired) electrons. The van der Waals surface area contributed by atoms with E-state index < -0.39 is 0 Å². The third kappa shape index (κ3) is 0.561. The van der Waals surface area contributed by atoms with Gasteiger partial charge in [-0.3, -0.25) is 9.99 Å². The molecule has 1 aromatic heterocycles. The highest BCUT2D eigenvalue weighted by molar-refractivity contribution is 5.35. The molecule has 4 heteroatoms. The smallest absolute Gasteiger partial charge is 0.251 e. The van der Waals surface area contributed by atoms with Gasteiger partial charge in [-0.2, -0.15) is 0 Å². The number of nitrogens with one attached hydrogen (secondary N) is 1. The number of hydrogen-bond donors (Lipinski definition) is 1. The lowest BCUT2D eigenvalue weighted by Crippen LogP contribution is -2.19.